The van der Waals surface area contributed by atoms with Gasteiger partial charge in [0.05, 0.1) is 22.0 Å². The third kappa shape index (κ3) is 3.41. The molecule has 0 saturated heterocycles. The van der Waals surface area contributed by atoms with Gasteiger partial charge in [0.1, 0.15) is 5.84 Å². The molecule has 0 spiro atoms. The summed E-state index contributed by atoms with van der Waals surface area (Å²) in [5.74, 6) is 0.317. The maximum absolute atomic E-state index is 7.54. The van der Waals surface area contributed by atoms with E-state index in [4.69, 9.17) is 33.4 Å². The molecule has 0 aromatic heterocycles. The van der Waals surface area contributed by atoms with Crippen molar-refractivity contribution in [3.05, 3.63) is 28.2 Å². The predicted molar refractivity (Wildman–Crippen MR) is 74.1 cm³/mol. The van der Waals surface area contributed by atoms with E-state index >= 15 is 0 Å². The molecule has 1 aliphatic heterocycles. The van der Waals surface area contributed by atoms with E-state index < -0.39 is 19.1 Å². The third-order valence-electron chi connectivity index (χ3n) is 2.02. The number of hydrogen-bond donors (Lipinski definition) is 1. The second-order valence-corrected chi connectivity index (χ2v) is 3.98. The van der Waals surface area contributed by atoms with Crippen LogP contribution in [-0.4, -0.2) is 24.9 Å². The van der Waals surface area contributed by atoms with Crippen molar-refractivity contribution in [2.24, 2.45) is 4.99 Å². The van der Waals surface area contributed by atoms with Crippen LogP contribution in [0.4, 0.5) is 0 Å². The SMILES string of the molecule is Cl.[2H]C1([2H])N=C([C@@H](C)Oc2c(Cl)cccc2Cl)NC1([2H])[2H]. The standard InChI is InChI=1S/C11H12Cl2N2O.ClH/c1-7(11-14-5-6-15-11)16-10-8(12)3-2-4-9(10)13;/h2-4,7H,5-6H2,1H3,(H,14,15);1H/t7-;/m1./s1/i5D2,6D2;. The van der Waals surface area contributed by atoms with Crippen molar-refractivity contribution in [2.45, 2.75) is 13.0 Å². The van der Waals surface area contributed by atoms with Crippen molar-refractivity contribution in [3.8, 4) is 5.75 Å². The molecule has 1 heterocycles. The number of benzene rings is 1. The fourth-order valence-corrected chi connectivity index (χ4v) is 1.71. The van der Waals surface area contributed by atoms with Crippen LogP contribution >= 0.6 is 35.6 Å². The van der Waals surface area contributed by atoms with E-state index in [0.717, 1.165) is 0 Å². The van der Waals surface area contributed by atoms with Gasteiger partial charge in [-0.25, -0.2) is 0 Å². The van der Waals surface area contributed by atoms with E-state index in [-0.39, 0.29) is 24.0 Å². The molecule has 0 bridgehead atoms. The summed E-state index contributed by atoms with van der Waals surface area (Å²) in [4.78, 5) is 3.68. The molecule has 0 amide bonds. The van der Waals surface area contributed by atoms with Gasteiger partial charge in [0.15, 0.2) is 11.9 Å². The second-order valence-electron chi connectivity index (χ2n) is 3.17. The monoisotopic (exact) mass is 298 g/mol. The van der Waals surface area contributed by atoms with Gasteiger partial charge in [-0.2, -0.15) is 0 Å². The Kier molecular flexibility index (Phi) is 3.47. The van der Waals surface area contributed by atoms with Crippen LogP contribution < -0.4 is 10.1 Å². The third-order valence-corrected chi connectivity index (χ3v) is 2.62. The van der Waals surface area contributed by atoms with Gasteiger partial charge < -0.3 is 10.1 Å². The van der Waals surface area contributed by atoms with E-state index in [1.165, 1.54) is 0 Å². The summed E-state index contributed by atoms with van der Waals surface area (Å²) in [6.07, 6.45) is -0.722. The summed E-state index contributed by atoms with van der Waals surface area (Å²) in [6.45, 7) is -3.04. The minimum absolute atomic E-state index is 0. The fraction of sp³-hybridized carbons (Fsp3) is 0.364. The summed E-state index contributed by atoms with van der Waals surface area (Å²) >= 11 is 11.9. The molecule has 0 saturated carbocycles. The molecule has 0 fully saturated rings. The lowest BCUT2D eigenvalue weighted by atomic mass is 10.3. The summed E-state index contributed by atoms with van der Waals surface area (Å²) in [6, 6.07) is 4.89. The van der Waals surface area contributed by atoms with Crippen molar-refractivity contribution < 1.29 is 10.2 Å². The molecule has 1 atom stereocenters. The molecule has 0 aliphatic carbocycles. The Hall–Kier alpha value is -0.640. The van der Waals surface area contributed by atoms with E-state index in [9.17, 15) is 0 Å². The van der Waals surface area contributed by atoms with Gasteiger partial charge in [-0.15, -0.1) is 12.4 Å². The lowest BCUT2D eigenvalue weighted by molar-refractivity contribution is 0.284. The highest BCUT2D eigenvalue weighted by Gasteiger charge is 2.17. The second kappa shape index (κ2) is 6.34. The molecule has 0 radical (unpaired) electrons. The van der Waals surface area contributed by atoms with Gasteiger partial charge in [0.25, 0.3) is 0 Å². The summed E-state index contributed by atoms with van der Waals surface area (Å²) in [7, 11) is 0. The van der Waals surface area contributed by atoms with Crippen LogP contribution in [0.3, 0.4) is 0 Å². The van der Waals surface area contributed by atoms with Crippen molar-refractivity contribution in [3.63, 3.8) is 0 Å². The van der Waals surface area contributed by atoms with Crippen LogP contribution in [0.15, 0.2) is 23.2 Å². The van der Waals surface area contributed by atoms with E-state index in [1.54, 1.807) is 25.1 Å². The van der Waals surface area contributed by atoms with Crippen molar-refractivity contribution >= 4 is 41.4 Å². The summed E-state index contributed by atoms with van der Waals surface area (Å²) in [5.41, 5.74) is 0. The molecule has 1 aromatic carbocycles. The Balaban J connectivity index is 0.00000220. The van der Waals surface area contributed by atoms with E-state index in [0.29, 0.717) is 10.0 Å². The molecule has 17 heavy (non-hydrogen) atoms. The Morgan fingerprint density at radius 1 is 1.47 bits per heavy atom. The lowest BCUT2D eigenvalue weighted by Gasteiger charge is -2.16. The number of halogens is 3. The zero-order chi connectivity index (χ0) is 15.1. The highest BCUT2D eigenvalue weighted by molar-refractivity contribution is 6.37. The number of aliphatic imine (C=N–C) groups is 1. The van der Waals surface area contributed by atoms with Crippen molar-refractivity contribution in [1.29, 1.82) is 0 Å². The highest BCUT2D eigenvalue weighted by atomic mass is 35.5. The zero-order valence-electron chi connectivity index (χ0n) is 12.8. The van der Waals surface area contributed by atoms with Crippen LogP contribution in [0, 0.1) is 0 Å². The first-order chi connectivity index (χ1) is 9.14. The molecule has 3 nitrogen and oxygen atoms in total. The van der Waals surface area contributed by atoms with Crippen LogP contribution in [-0.2, 0) is 0 Å². The molecule has 1 aromatic rings. The van der Waals surface area contributed by atoms with E-state index in [1.807, 2.05) is 0 Å². The number of rotatable bonds is 3. The lowest BCUT2D eigenvalue weighted by Crippen LogP contribution is -2.33. The molecular formula is C11H13Cl3N2O. The summed E-state index contributed by atoms with van der Waals surface area (Å²) < 4.78 is 35.6. The molecule has 0 unspecified atom stereocenters. The molecule has 94 valence electrons. The Morgan fingerprint density at radius 3 is 2.65 bits per heavy atom. The van der Waals surface area contributed by atoms with Crippen LogP contribution in [0.25, 0.3) is 0 Å². The fourth-order valence-electron chi connectivity index (χ4n) is 1.23. The van der Waals surface area contributed by atoms with Crippen LogP contribution in [0.2, 0.25) is 10.0 Å². The molecule has 1 N–H and O–H groups in total. The van der Waals surface area contributed by atoms with Gasteiger partial charge in [-0.3, -0.25) is 4.99 Å². The normalized spacial score (nSPS) is 25.0. The first kappa shape index (κ1) is 9.31. The first-order valence-electron chi connectivity index (χ1n) is 6.63. The molecule has 1 aliphatic rings. The van der Waals surface area contributed by atoms with Gasteiger partial charge in [-0.1, -0.05) is 29.3 Å². The van der Waals surface area contributed by atoms with Gasteiger partial charge >= 0.3 is 0 Å². The zero-order valence-corrected chi connectivity index (χ0v) is 11.2. The maximum atomic E-state index is 7.54. The Labute approximate surface area is 122 Å². The average Bonchev–Trinajstić information content (AvgIpc) is 2.53. The number of nitrogens with zero attached hydrogens (tertiary/aromatic N) is 1. The summed E-state index contributed by atoms with van der Waals surface area (Å²) in [5, 5.41) is 3.00. The van der Waals surface area contributed by atoms with Crippen molar-refractivity contribution in [1.82, 2.24) is 5.32 Å². The highest BCUT2D eigenvalue weighted by Crippen LogP contribution is 2.33. The number of ether oxygens (including phenoxy) is 1. The van der Waals surface area contributed by atoms with Gasteiger partial charge in [0.2, 0.25) is 0 Å². The minimum atomic E-state index is -2.36. The Morgan fingerprint density at radius 2 is 2.12 bits per heavy atom. The topological polar surface area (TPSA) is 33.6 Å². The smallest absolute Gasteiger partial charge is 0.157 e. The van der Waals surface area contributed by atoms with Crippen LogP contribution in [0.1, 0.15) is 12.4 Å². The molecule has 2 rings (SSSR count). The van der Waals surface area contributed by atoms with Gasteiger partial charge in [0, 0.05) is 6.50 Å². The number of amidine groups is 1. The predicted octanol–water partition coefficient (Wildman–Crippen LogP) is 3.18. The van der Waals surface area contributed by atoms with Crippen LogP contribution in [0.5, 0.6) is 5.75 Å². The van der Waals surface area contributed by atoms with E-state index in [2.05, 4.69) is 10.3 Å². The Bertz CT molecular complexity index is 548. The number of para-hydroxylation sites is 1. The maximum Gasteiger partial charge on any atom is 0.157 e. The quantitative estimate of drug-likeness (QED) is 0.930. The van der Waals surface area contributed by atoms with Crippen molar-refractivity contribution in [2.75, 3.05) is 13.0 Å². The largest absolute Gasteiger partial charge is 0.480 e. The average molecular weight is 300 g/mol. The first-order valence-corrected chi connectivity index (χ1v) is 5.38. The number of nitrogens with one attached hydrogen (secondary N) is 1. The van der Waals surface area contributed by atoms with Gasteiger partial charge in [-0.05, 0) is 19.1 Å². The molecule has 6 heteroatoms. The molecular weight excluding hydrogens is 282 g/mol. The minimum Gasteiger partial charge on any atom is -0.480 e. The number of hydrogen-bond acceptors (Lipinski definition) is 3.